The van der Waals surface area contributed by atoms with E-state index >= 15 is 0 Å². The van der Waals surface area contributed by atoms with Crippen LogP contribution in [-0.4, -0.2) is 28.3 Å². The lowest BCUT2D eigenvalue weighted by molar-refractivity contribution is 0.720. The first-order chi connectivity index (χ1) is 13.2. The number of hydrogen-bond acceptors (Lipinski definition) is 5. The Labute approximate surface area is 162 Å². The van der Waals surface area contributed by atoms with Crippen molar-refractivity contribution in [2.75, 3.05) is 10.6 Å². The van der Waals surface area contributed by atoms with Crippen LogP contribution in [0.2, 0.25) is 0 Å². The molecule has 0 bridgehead atoms. The van der Waals surface area contributed by atoms with Gasteiger partial charge < -0.3 is 10.6 Å². The Morgan fingerprint density at radius 2 is 1.93 bits per heavy atom. The normalized spacial score (nSPS) is 16.0. The molecule has 0 saturated heterocycles. The number of nitrogens with zero attached hydrogens (tertiary/aromatic N) is 3. The van der Waals surface area contributed by atoms with Crippen LogP contribution >= 0.6 is 0 Å². The van der Waals surface area contributed by atoms with E-state index < -0.39 is 0 Å². The fourth-order valence-corrected chi connectivity index (χ4v) is 3.28. The molecule has 1 saturated carbocycles. The predicted molar refractivity (Wildman–Crippen MR) is 114 cm³/mol. The highest BCUT2D eigenvalue weighted by Crippen LogP contribution is 2.23. The summed E-state index contributed by atoms with van der Waals surface area (Å²) in [5.41, 5.74) is 3.15. The molecule has 2 aromatic rings. The van der Waals surface area contributed by atoms with E-state index in [1.165, 1.54) is 31.2 Å². The summed E-state index contributed by atoms with van der Waals surface area (Å²) in [7, 11) is 0. The smallest absolute Gasteiger partial charge is 0.225 e. The second-order valence-electron chi connectivity index (χ2n) is 7.40. The van der Waals surface area contributed by atoms with Crippen molar-refractivity contribution in [3.05, 3.63) is 47.2 Å². The Balaban J connectivity index is 1.84. The maximum atomic E-state index is 4.79. The van der Waals surface area contributed by atoms with Gasteiger partial charge in [-0.05, 0) is 38.7 Å². The van der Waals surface area contributed by atoms with E-state index in [4.69, 9.17) is 9.97 Å². The summed E-state index contributed by atoms with van der Waals surface area (Å²) in [5, 5.41) is 7.01. The molecule has 1 aliphatic carbocycles. The quantitative estimate of drug-likeness (QED) is 0.648. The zero-order valence-corrected chi connectivity index (χ0v) is 16.7. The molecule has 0 spiro atoms. The number of aliphatic imine (C=N–C) groups is 1. The molecule has 1 aliphatic rings. The van der Waals surface area contributed by atoms with Crippen LogP contribution < -0.4 is 10.6 Å². The zero-order valence-electron chi connectivity index (χ0n) is 16.7. The highest BCUT2D eigenvalue weighted by molar-refractivity contribution is 5.88. The van der Waals surface area contributed by atoms with E-state index in [1.54, 1.807) is 0 Å². The van der Waals surface area contributed by atoms with Crippen molar-refractivity contribution in [2.45, 2.75) is 71.5 Å². The molecule has 0 unspecified atom stereocenters. The highest BCUT2D eigenvalue weighted by Gasteiger charge is 2.17. The molecule has 2 N–H and O–H groups in total. The lowest BCUT2D eigenvalue weighted by Crippen LogP contribution is -2.18. The molecule has 1 atom stereocenters. The molecule has 3 rings (SSSR count). The van der Waals surface area contributed by atoms with Crippen molar-refractivity contribution in [1.29, 1.82) is 0 Å². The lowest BCUT2D eigenvalue weighted by atomic mass is 10.2. The van der Waals surface area contributed by atoms with Crippen LogP contribution in [0, 0.1) is 6.92 Å². The van der Waals surface area contributed by atoms with Gasteiger partial charge in [-0.25, -0.2) is 4.98 Å². The average Bonchev–Trinajstić information content (AvgIpc) is 3.19. The van der Waals surface area contributed by atoms with Crippen LogP contribution in [0.15, 0.2) is 35.3 Å². The first kappa shape index (κ1) is 19.3. The molecule has 0 aliphatic heterocycles. The summed E-state index contributed by atoms with van der Waals surface area (Å²) in [6.45, 7) is 7.03. The number of rotatable bonds is 8. The Morgan fingerprint density at radius 1 is 1.19 bits per heavy atom. The summed E-state index contributed by atoms with van der Waals surface area (Å²) >= 11 is 0. The van der Waals surface area contributed by atoms with Gasteiger partial charge in [0.25, 0.3) is 0 Å². The Bertz CT molecular complexity index is 751. The summed E-state index contributed by atoms with van der Waals surface area (Å²) in [5.74, 6) is 1.56. The molecule has 1 fully saturated rings. The number of hydrogen-bond donors (Lipinski definition) is 2. The minimum atomic E-state index is 0.294. The number of aryl methyl sites for hydroxylation is 1. The fourth-order valence-electron chi connectivity index (χ4n) is 3.28. The monoisotopic (exact) mass is 365 g/mol. The van der Waals surface area contributed by atoms with Crippen molar-refractivity contribution >= 4 is 18.0 Å². The molecule has 0 amide bonds. The number of aromatic nitrogens is 2. The van der Waals surface area contributed by atoms with E-state index in [1.807, 2.05) is 19.2 Å². The van der Waals surface area contributed by atoms with Crippen molar-refractivity contribution in [3.63, 3.8) is 0 Å². The second kappa shape index (κ2) is 9.49. The van der Waals surface area contributed by atoms with Gasteiger partial charge in [-0.2, -0.15) is 4.98 Å². The van der Waals surface area contributed by atoms with Crippen molar-refractivity contribution in [1.82, 2.24) is 9.97 Å². The summed E-state index contributed by atoms with van der Waals surface area (Å²) in [4.78, 5) is 14.2. The van der Waals surface area contributed by atoms with E-state index in [9.17, 15) is 0 Å². The molecule has 144 valence electrons. The number of nitrogens with one attached hydrogen (secondary N) is 2. The van der Waals surface area contributed by atoms with Crippen LogP contribution in [0.3, 0.4) is 0 Å². The third-order valence-corrected chi connectivity index (χ3v) is 5.18. The largest absolute Gasteiger partial charge is 0.365 e. The van der Waals surface area contributed by atoms with Gasteiger partial charge in [0.15, 0.2) is 0 Å². The third-order valence-electron chi connectivity index (χ3n) is 5.18. The van der Waals surface area contributed by atoms with Crippen molar-refractivity contribution in [2.24, 2.45) is 4.99 Å². The third kappa shape index (κ3) is 5.52. The molecule has 0 radical (unpaired) electrons. The van der Waals surface area contributed by atoms with Crippen molar-refractivity contribution < 1.29 is 0 Å². The van der Waals surface area contributed by atoms with Gasteiger partial charge in [0, 0.05) is 24.8 Å². The lowest BCUT2D eigenvalue weighted by Gasteiger charge is -2.16. The number of benzene rings is 1. The van der Waals surface area contributed by atoms with E-state index in [0.29, 0.717) is 12.1 Å². The van der Waals surface area contributed by atoms with E-state index in [-0.39, 0.29) is 0 Å². The minimum Gasteiger partial charge on any atom is -0.365 e. The molecule has 1 aromatic heterocycles. The fraction of sp³-hybridized carbons (Fsp3) is 0.500. The van der Waals surface area contributed by atoms with Crippen LogP contribution in [0.1, 0.15) is 62.8 Å². The van der Waals surface area contributed by atoms with Gasteiger partial charge in [-0.15, -0.1) is 0 Å². The van der Waals surface area contributed by atoms with Crippen molar-refractivity contribution in [3.8, 4) is 0 Å². The molecule has 5 nitrogen and oxygen atoms in total. The first-order valence-corrected chi connectivity index (χ1v) is 10.1. The standard InChI is InChI=1S/C22H31N5/c1-4-16(2)23-15-20-17(3)25-22(26-19-12-8-9-13-19)27-21(20)24-14-18-10-6-5-7-11-18/h5-7,10-11,15-16,19H,4,8-9,12-14H2,1-3H3,(H2,24,25,26,27)/t16-/m1/s1. The number of anilines is 2. The maximum absolute atomic E-state index is 4.79. The summed E-state index contributed by atoms with van der Waals surface area (Å²) < 4.78 is 0. The molecular formula is C22H31N5. The molecule has 27 heavy (non-hydrogen) atoms. The molecular weight excluding hydrogens is 334 g/mol. The summed E-state index contributed by atoms with van der Waals surface area (Å²) in [6.07, 6.45) is 7.92. The Kier molecular flexibility index (Phi) is 6.80. The topological polar surface area (TPSA) is 62.2 Å². The molecule has 1 aromatic carbocycles. The predicted octanol–water partition coefficient (Wildman–Crippen LogP) is 4.97. The van der Waals surface area contributed by atoms with Gasteiger partial charge in [0.1, 0.15) is 5.82 Å². The van der Waals surface area contributed by atoms with Gasteiger partial charge in [0.2, 0.25) is 5.95 Å². The van der Waals surface area contributed by atoms with Crippen LogP contribution in [-0.2, 0) is 6.54 Å². The van der Waals surface area contributed by atoms with Crippen LogP contribution in [0.5, 0.6) is 0 Å². The SMILES string of the molecule is CC[C@@H](C)N=Cc1c(C)nc(NC2CCCC2)nc1NCc1ccccc1. The van der Waals surface area contributed by atoms with E-state index in [2.05, 4.69) is 53.7 Å². The summed E-state index contributed by atoms with van der Waals surface area (Å²) in [6, 6.07) is 11.2. The van der Waals surface area contributed by atoms with Crippen LogP contribution in [0.4, 0.5) is 11.8 Å². The average molecular weight is 366 g/mol. The maximum Gasteiger partial charge on any atom is 0.225 e. The van der Waals surface area contributed by atoms with Gasteiger partial charge in [-0.1, -0.05) is 50.1 Å². The Morgan fingerprint density at radius 3 is 2.63 bits per heavy atom. The molecule has 1 heterocycles. The highest BCUT2D eigenvalue weighted by atomic mass is 15.2. The first-order valence-electron chi connectivity index (χ1n) is 10.1. The van der Waals surface area contributed by atoms with E-state index in [0.717, 1.165) is 36.0 Å². The van der Waals surface area contributed by atoms with Gasteiger partial charge in [-0.3, -0.25) is 4.99 Å². The van der Waals surface area contributed by atoms with Gasteiger partial charge in [0.05, 0.1) is 11.3 Å². The minimum absolute atomic E-state index is 0.294. The molecule has 5 heteroatoms. The van der Waals surface area contributed by atoms with Crippen LogP contribution in [0.25, 0.3) is 0 Å². The van der Waals surface area contributed by atoms with Gasteiger partial charge >= 0.3 is 0 Å². The second-order valence-corrected chi connectivity index (χ2v) is 7.40. The Hall–Kier alpha value is -2.43. The zero-order chi connectivity index (χ0) is 19.1.